The number of aromatic nitrogens is 1. The van der Waals surface area contributed by atoms with Gasteiger partial charge < -0.3 is 15.2 Å². The average Bonchev–Trinajstić information content (AvgIpc) is 2.48. The second-order valence-corrected chi connectivity index (χ2v) is 5.90. The Labute approximate surface area is 129 Å². The Morgan fingerprint density at radius 3 is 2.81 bits per heavy atom. The number of nitrogens with zero attached hydrogens (tertiary/aromatic N) is 1. The van der Waals surface area contributed by atoms with Crippen LogP contribution in [-0.4, -0.2) is 23.2 Å². The third-order valence-corrected chi connectivity index (χ3v) is 3.97. The number of halogens is 1. The molecule has 0 bridgehead atoms. The smallest absolute Gasteiger partial charge is 0.315 e. The number of hydrogen-bond donors (Lipinski definition) is 2. The highest BCUT2D eigenvalue weighted by atomic mass is 35.5. The molecule has 0 saturated heterocycles. The topological polar surface area (TPSA) is 63.1 Å². The van der Waals surface area contributed by atoms with Crippen molar-refractivity contribution in [2.45, 2.75) is 51.1 Å². The predicted octanol–water partition coefficient (Wildman–Crippen LogP) is 2.52. The van der Waals surface area contributed by atoms with Crippen LogP contribution in [0.2, 0.25) is 5.02 Å². The molecule has 116 valence electrons. The van der Waals surface area contributed by atoms with Gasteiger partial charge in [0.1, 0.15) is 0 Å². The van der Waals surface area contributed by atoms with E-state index < -0.39 is 0 Å². The normalized spacial score (nSPS) is 15.7. The van der Waals surface area contributed by atoms with E-state index in [1.165, 1.54) is 25.3 Å². The summed E-state index contributed by atoms with van der Waals surface area (Å²) in [5.74, 6) is 0. The Kier molecular flexibility index (Phi) is 6.11. The average molecular weight is 312 g/mol. The zero-order valence-corrected chi connectivity index (χ0v) is 12.9. The number of hydrogen-bond acceptors (Lipinski definition) is 2. The predicted molar refractivity (Wildman–Crippen MR) is 83.7 cm³/mol. The van der Waals surface area contributed by atoms with Crippen LogP contribution in [0.5, 0.6) is 0 Å². The zero-order chi connectivity index (χ0) is 15.1. The summed E-state index contributed by atoms with van der Waals surface area (Å²) in [6, 6.07) is 3.23. The molecule has 1 saturated carbocycles. The third-order valence-electron chi connectivity index (χ3n) is 3.75. The van der Waals surface area contributed by atoms with Crippen molar-refractivity contribution in [3.8, 4) is 0 Å². The molecular formula is C15H22ClN3O2. The molecule has 0 spiro atoms. The van der Waals surface area contributed by atoms with Crippen LogP contribution in [0.15, 0.2) is 23.1 Å². The number of carbonyl (C=O) groups is 1. The van der Waals surface area contributed by atoms with Crippen LogP contribution in [0.3, 0.4) is 0 Å². The maximum absolute atomic E-state index is 11.7. The molecule has 0 aromatic carbocycles. The van der Waals surface area contributed by atoms with E-state index in [1.807, 2.05) is 0 Å². The van der Waals surface area contributed by atoms with Gasteiger partial charge in [0.2, 0.25) is 0 Å². The van der Waals surface area contributed by atoms with Crippen molar-refractivity contribution < 1.29 is 4.79 Å². The fourth-order valence-electron chi connectivity index (χ4n) is 2.61. The van der Waals surface area contributed by atoms with Crippen molar-refractivity contribution in [2.24, 2.45) is 0 Å². The van der Waals surface area contributed by atoms with Crippen molar-refractivity contribution >= 4 is 17.6 Å². The van der Waals surface area contributed by atoms with Gasteiger partial charge >= 0.3 is 6.03 Å². The van der Waals surface area contributed by atoms with Crippen molar-refractivity contribution in [1.82, 2.24) is 15.2 Å². The van der Waals surface area contributed by atoms with Crippen molar-refractivity contribution in [2.75, 3.05) is 6.54 Å². The van der Waals surface area contributed by atoms with Crippen LogP contribution < -0.4 is 16.2 Å². The molecule has 6 heteroatoms. The highest BCUT2D eigenvalue weighted by Gasteiger charge is 2.14. The summed E-state index contributed by atoms with van der Waals surface area (Å²) in [5.41, 5.74) is -0.0777. The fourth-order valence-corrected chi connectivity index (χ4v) is 2.79. The first-order valence-corrected chi connectivity index (χ1v) is 7.93. The first-order chi connectivity index (χ1) is 10.1. The molecule has 2 amide bonds. The maximum Gasteiger partial charge on any atom is 0.315 e. The van der Waals surface area contributed by atoms with Crippen LogP contribution in [0.25, 0.3) is 0 Å². The first kappa shape index (κ1) is 15.9. The van der Waals surface area contributed by atoms with E-state index in [9.17, 15) is 9.59 Å². The van der Waals surface area contributed by atoms with E-state index >= 15 is 0 Å². The molecule has 5 nitrogen and oxygen atoms in total. The summed E-state index contributed by atoms with van der Waals surface area (Å²) in [7, 11) is 0. The molecule has 1 aliphatic carbocycles. The summed E-state index contributed by atoms with van der Waals surface area (Å²) in [6.45, 7) is 1.08. The van der Waals surface area contributed by atoms with Crippen molar-refractivity contribution in [3.63, 3.8) is 0 Å². The van der Waals surface area contributed by atoms with Gasteiger partial charge in [-0.1, -0.05) is 30.9 Å². The minimum absolute atomic E-state index is 0.0777. The number of urea groups is 1. The van der Waals surface area contributed by atoms with Crippen LogP contribution in [0.1, 0.15) is 38.5 Å². The van der Waals surface area contributed by atoms with Crippen molar-refractivity contribution in [3.05, 3.63) is 33.7 Å². The lowest BCUT2D eigenvalue weighted by Crippen LogP contribution is -2.43. The van der Waals surface area contributed by atoms with Gasteiger partial charge in [-0.05, 0) is 25.3 Å². The Balaban J connectivity index is 1.66. The Morgan fingerprint density at radius 2 is 2.05 bits per heavy atom. The third kappa shape index (κ3) is 5.42. The van der Waals surface area contributed by atoms with Crippen LogP contribution >= 0.6 is 11.6 Å². The summed E-state index contributed by atoms with van der Waals surface area (Å²) >= 11 is 5.85. The molecule has 1 fully saturated rings. The van der Waals surface area contributed by atoms with Crippen LogP contribution in [0, 0.1) is 0 Å². The second-order valence-electron chi connectivity index (χ2n) is 5.47. The van der Waals surface area contributed by atoms with Gasteiger partial charge in [-0.2, -0.15) is 0 Å². The maximum atomic E-state index is 11.7. The van der Waals surface area contributed by atoms with E-state index in [4.69, 9.17) is 11.6 Å². The van der Waals surface area contributed by atoms with Gasteiger partial charge in [0, 0.05) is 31.4 Å². The monoisotopic (exact) mass is 311 g/mol. The van der Waals surface area contributed by atoms with Crippen molar-refractivity contribution in [1.29, 1.82) is 0 Å². The van der Waals surface area contributed by atoms with E-state index in [1.54, 1.807) is 16.8 Å². The molecule has 21 heavy (non-hydrogen) atoms. The lowest BCUT2D eigenvalue weighted by Gasteiger charge is -2.22. The molecule has 0 atom stereocenters. The largest absolute Gasteiger partial charge is 0.338 e. The highest BCUT2D eigenvalue weighted by Crippen LogP contribution is 2.17. The minimum Gasteiger partial charge on any atom is -0.338 e. The number of amides is 2. The first-order valence-electron chi connectivity index (χ1n) is 7.55. The summed E-state index contributed by atoms with van der Waals surface area (Å²) in [4.78, 5) is 23.3. The Morgan fingerprint density at radius 1 is 1.29 bits per heavy atom. The molecule has 2 rings (SSSR count). The van der Waals surface area contributed by atoms with Gasteiger partial charge in [-0.3, -0.25) is 4.79 Å². The van der Waals surface area contributed by atoms with E-state index in [2.05, 4.69) is 10.6 Å². The lowest BCUT2D eigenvalue weighted by molar-refractivity contribution is 0.232. The Bertz CT molecular complexity index is 524. The molecule has 0 unspecified atom stereocenters. The standard InChI is InChI=1S/C15H22ClN3O2/c16-12-7-8-14(20)19(11-12)10-4-9-17-15(21)18-13-5-2-1-3-6-13/h7-8,11,13H,1-6,9-10H2,(H2,17,18,21). The van der Waals surface area contributed by atoms with Gasteiger partial charge in [-0.25, -0.2) is 4.79 Å². The molecule has 1 aromatic rings. The highest BCUT2D eigenvalue weighted by molar-refractivity contribution is 6.30. The summed E-state index contributed by atoms with van der Waals surface area (Å²) in [6.07, 6.45) is 8.13. The molecule has 2 N–H and O–H groups in total. The second kappa shape index (κ2) is 8.08. The molecule has 1 aromatic heterocycles. The molecule has 1 aliphatic rings. The quantitative estimate of drug-likeness (QED) is 0.821. The lowest BCUT2D eigenvalue weighted by atomic mass is 9.96. The number of carbonyl (C=O) groups excluding carboxylic acids is 1. The summed E-state index contributed by atoms with van der Waals surface area (Å²) in [5, 5.41) is 6.37. The van der Waals surface area contributed by atoms with Crippen LogP contribution in [-0.2, 0) is 6.54 Å². The van der Waals surface area contributed by atoms with E-state index in [0.29, 0.717) is 30.6 Å². The van der Waals surface area contributed by atoms with E-state index in [-0.39, 0.29) is 11.6 Å². The number of aryl methyl sites for hydroxylation is 1. The number of nitrogens with one attached hydrogen (secondary N) is 2. The van der Waals surface area contributed by atoms with Gasteiger partial charge in [0.05, 0.1) is 5.02 Å². The molecule has 1 heterocycles. The van der Waals surface area contributed by atoms with Gasteiger partial charge in [0.15, 0.2) is 0 Å². The van der Waals surface area contributed by atoms with Crippen LogP contribution in [0.4, 0.5) is 4.79 Å². The minimum atomic E-state index is -0.111. The Hall–Kier alpha value is -1.49. The number of rotatable bonds is 5. The summed E-state index contributed by atoms with van der Waals surface area (Å²) < 4.78 is 1.56. The SMILES string of the molecule is O=C(NCCCn1cc(Cl)ccc1=O)NC1CCCCC1. The molecule has 0 radical (unpaired) electrons. The van der Waals surface area contributed by atoms with Gasteiger partial charge in [-0.15, -0.1) is 0 Å². The van der Waals surface area contributed by atoms with E-state index in [0.717, 1.165) is 12.8 Å². The van der Waals surface area contributed by atoms with Gasteiger partial charge in [0.25, 0.3) is 5.56 Å². The molecular weight excluding hydrogens is 290 g/mol. The fraction of sp³-hybridized carbons (Fsp3) is 0.600. The zero-order valence-electron chi connectivity index (χ0n) is 12.1. The molecule has 0 aliphatic heterocycles. The number of pyridine rings is 1.